The summed E-state index contributed by atoms with van der Waals surface area (Å²) < 4.78 is 5.56. The number of nitrogens with two attached hydrogens (primary N) is 1. The Bertz CT molecular complexity index is 123. The smallest absolute Gasteiger partial charge is 0.0471 e. The predicted molar refractivity (Wildman–Crippen MR) is 62.4 cm³/mol. The molecule has 0 saturated carbocycles. The Labute approximate surface area is 89.2 Å². The lowest BCUT2D eigenvalue weighted by Crippen LogP contribution is -2.25. The molecule has 0 aliphatic rings. The first-order chi connectivity index (χ1) is 6.62. The molecule has 86 valence electrons. The van der Waals surface area contributed by atoms with Gasteiger partial charge in [0.1, 0.15) is 0 Å². The van der Waals surface area contributed by atoms with Crippen molar-refractivity contribution in [3.63, 3.8) is 0 Å². The molecule has 2 heteroatoms. The lowest BCUT2D eigenvalue weighted by Gasteiger charge is -2.21. The maximum absolute atomic E-state index is 5.63. The van der Waals surface area contributed by atoms with Gasteiger partial charge in [0.05, 0.1) is 0 Å². The molecule has 14 heavy (non-hydrogen) atoms. The molecule has 0 amide bonds. The van der Waals surface area contributed by atoms with Crippen molar-refractivity contribution in [3.05, 3.63) is 0 Å². The Morgan fingerprint density at radius 3 is 2.36 bits per heavy atom. The van der Waals surface area contributed by atoms with E-state index in [0.717, 1.165) is 26.2 Å². The van der Waals surface area contributed by atoms with E-state index < -0.39 is 0 Å². The summed E-state index contributed by atoms with van der Waals surface area (Å²) in [6, 6.07) is 0. The van der Waals surface area contributed by atoms with Gasteiger partial charge in [0.15, 0.2) is 0 Å². The van der Waals surface area contributed by atoms with Crippen LogP contribution in [0.3, 0.4) is 0 Å². The Morgan fingerprint density at radius 2 is 1.79 bits per heavy atom. The average Bonchev–Trinajstić information content (AvgIpc) is 2.16. The zero-order chi connectivity index (χ0) is 10.9. The van der Waals surface area contributed by atoms with Crippen molar-refractivity contribution in [3.8, 4) is 0 Å². The van der Waals surface area contributed by atoms with Crippen LogP contribution in [0.2, 0.25) is 0 Å². The summed E-state index contributed by atoms with van der Waals surface area (Å²) in [6.45, 7) is 9.12. The van der Waals surface area contributed by atoms with Crippen LogP contribution in [0.25, 0.3) is 0 Å². The zero-order valence-corrected chi connectivity index (χ0v) is 10.1. The van der Waals surface area contributed by atoms with Crippen LogP contribution in [-0.4, -0.2) is 19.8 Å². The summed E-state index contributed by atoms with van der Waals surface area (Å²) in [6.07, 6.45) is 6.20. The summed E-state index contributed by atoms with van der Waals surface area (Å²) >= 11 is 0. The molecular weight excluding hydrogens is 174 g/mol. The van der Waals surface area contributed by atoms with Gasteiger partial charge in [-0.25, -0.2) is 0 Å². The maximum atomic E-state index is 5.63. The molecule has 0 aromatic carbocycles. The largest absolute Gasteiger partial charge is 0.381 e. The molecule has 0 heterocycles. The van der Waals surface area contributed by atoms with Gasteiger partial charge in [-0.1, -0.05) is 40.0 Å². The summed E-state index contributed by atoms with van der Waals surface area (Å²) in [5.74, 6) is 0. The lowest BCUT2D eigenvalue weighted by atomic mass is 9.90. The number of unbranched alkanes of at least 4 members (excludes halogenated alkanes) is 3. The maximum Gasteiger partial charge on any atom is 0.0471 e. The highest BCUT2D eigenvalue weighted by atomic mass is 16.5. The Balaban J connectivity index is 3.13. The molecule has 0 saturated heterocycles. The Hall–Kier alpha value is -0.0800. The van der Waals surface area contributed by atoms with Crippen LogP contribution in [-0.2, 0) is 4.74 Å². The van der Waals surface area contributed by atoms with E-state index in [1.807, 2.05) is 0 Å². The van der Waals surface area contributed by atoms with Gasteiger partial charge in [0.25, 0.3) is 0 Å². The third-order valence-corrected chi connectivity index (χ3v) is 2.62. The van der Waals surface area contributed by atoms with Crippen LogP contribution in [0, 0.1) is 5.41 Å². The second-order valence-electron chi connectivity index (χ2n) is 4.79. The third-order valence-electron chi connectivity index (χ3n) is 2.62. The SMILES string of the molecule is CCCCCCOCCC(C)(C)CN. The molecule has 0 rings (SSSR count). The topological polar surface area (TPSA) is 35.2 Å². The first kappa shape index (κ1) is 13.9. The third kappa shape index (κ3) is 8.52. The van der Waals surface area contributed by atoms with Crippen LogP contribution in [0.1, 0.15) is 52.9 Å². The molecule has 0 aromatic heterocycles. The van der Waals surface area contributed by atoms with E-state index in [9.17, 15) is 0 Å². The van der Waals surface area contributed by atoms with E-state index in [-0.39, 0.29) is 5.41 Å². The fourth-order valence-electron chi connectivity index (χ4n) is 1.18. The van der Waals surface area contributed by atoms with Gasteiger partial charge >= 0.3 is 0 Å². The van der Waals surface area contributed by atoms with E-state index in [2.05, 4.69) is 20.8 Å². The van der Waals surface area contributed by atoms with E-state index in [1.54, 1.807) is 0 Å². The van der Waals surface area contributed by atoms with E-state index in [0.29, 0.717) is 0 Å². The van der Waals surface area contributed by atoms with Gasteiger partial charge in [0, 0.05) is 13.2 Å². The monoisotopic (exact) mass is 201 g/mol. The first-order valence-electron chi connectivity index (χ1n) is 5.90. The van der Waals surface area contributed by atoms with Crippen molar-refractivity contribution in [2.75, 3.05) is 19.8 Å². The predicted octanol–water partition coefficient (Wildman–Crippen LogP) is 2.96. The first-order valence-corrected chi connectivity index (χ1v) is 5.90. The van der Waals surface area contributed by atoms with E-state index >= 15 is 0 Å². The minimum atomic E-state index is 0.240. The summed E-state index contributed by atoms with van der Waals surface area (Å²) in [4.78, 5) is 0. The number of ether oxygens (including phenoxy) is 1. The van der Waals surface area contributed by atoms with Crippen molar-refractivity contribution < 1.29 is 4.74 Å². The molecule has 2 N–H and O–H groups in total. The van der Waals surface area contributed by atoms with Crippen LogP contribution in [0.15, 0.2) is 0 Å². The minimum Gasteiger partial charge on any atom is -0.381 e. The van der Waals surface area contributed by atoms with Crippen molar-refractivity contribution in [2.24, 2.45) is 11.1 Å². The Morgan fingerprint density at radius 1 is 1.07 bits per heavy atom. The normalized spacial score (nSPS) is 12.0. The molecule has 2 nitrogen and oxygen atoms in total. The van der Waals surface area contributed by atoms with Gasteiger partial charge in [-0.05, 0) is 24.8 Å². The van der Waals surface area contributed by atoms with Crippen molar-refractivity contribution >= 4 is 0 Å². The summed E-state index contributed by atoms with van der Waals surface area (Å²) in [7, 11) is 0. The van der Waals surface area contributed by atoms with Gasteiger partial charge in [-0.3, -0.25) is 0 Å². The quantitative estimate of drug-likeness (QED) is 0.582. The highest BCUT2D eigenvalue weighted by molar-refractivity contribution is 4.68. The second-order valence-corrected chi connectivity index (χ2v) is 4.79. The molecule has 0 unspecified atom stereocenters. The van der Waals surface area contributed by atoms with Gasteiger partial charge < -0.3 is 10.5 Å². The van der Waals surface area contributed by atoms with Crippen LogP contribution >= 0.6 is 0 Å². The number of hydrogen-bond donors (Lipinski definition) is 1. The molecule has 0 aliphatic heterocycles. The highest BCUT2D eigenvalue weighted by Gasteiger charge is 2.14. The fourth-order valence-corrected chi connectivity index (χ4v) is 1.18. The summed E-state index contributed by atoms with van der Waals surface area (Å²) in [5.41, 5.74) is 5.87. The number of hydrogen-bond acceptors (Lipinski definition) is 2. The minimum absolute atomic E-state index is 0.240. The number of rotatable bonds is 9. The van der Waals surface area contributed by atoms with Crippen molar-refractivity contribution in [1.29, 1.82) is 0 Å². The van der Waals surface area contributed by atoms with E-state index in [4.69, 9.17) is 10.5 Å². The van der Waals surface area contributed by atoms with Crippen LogP contribution in [0.5, 0.6) is 0 Å². The van der Waals surface area contributed by atoms with Gasteiger partial charge in [-0.2, -0.15) is 0 Å². The van der Waals surface area contributed by atoms with Crippen LogP contribution < -0.4 is 5.73 Å². The Kier molecular flexibility index (Phi) is 8.20. The molecule has 0 radical (unpaired) electrons. The van der Waals surface area contributed by atoms with Gasteiger partial charge in [0.2, 0.25) is 0 Å². The van der Waals surface area contributed by atoms with E-state index in [1.165, 1.54) is 25.7 Å². The second kappa shape index (κ2) is 8.25. The lowest BCUT2D eigenvalue weighted by molar-refractivity contribution is 0.102. The molecule has 0 bridgehead atoms. The van der Waals surface area contributed by atoms with Crippen molar-refractivity contribution in [1.82, 2.24) is 0 Å². The fraction of sp³-hybridized carbons (Fsp3) is 1.00. The molecule has 0 fully saturated rings. The highest BCUT2D eigenvalue weighted by Crippen LogP contribution is 2.17. The van der Waals surface area contributed by atoms with Gasteiger partial charge in [-0.15, -0.1) is 0 Å². The van der Waals surface area contributed by atoms with Crippen LogP contribution in [0.4, 0.5) is 0 Å². The molecule has 0 atom stereocenters. The molecule has 0 aliphatic carbocycles. The zero-order valence-electron chi connectivity index (χ0n) is 10.1. The van der Waals surface area contributed by atoms with Crippen molar-refractivity contribution in [2.45, 2.75) is 52.9 Å². The molecule has 0 spiro atoms. The molecule has 0 aromatic rings. The average molecular weight is 201 g/mol. The summed E-state index contributed by atoms with van der Waals surface area (Å²) in [5, 5.41) is 0. The standard InChI is InChI=1S/C12H27NO/c1-4-5-6-7-9-14-10-8-12(2,3)11-13/h4-11,13H2,1-3H3. The molecular formula is C12H27NO.